The van der Waals surface area contributed by atoms with Crippen molar-refractivity contribution >= 4 is 40.4 Å². The molecule has 3 N–H and O–H groups in total. The van der Waals surface area contributed by atoms with Crippen LogP contribution in [0.5, 0.6) is 0 Å². The van der Waals surface area contributed by atoms with Gasteiger partial charge in [0.25, 0.3) is 5.69 Å². The molecule has 1 aromatic rings. The molecule has 168 valence electrons. The van der Waals surface area contributed by atoms with Gasteiger partial charge in [-0.15, -0.1) is 0 Å². The van der Waals surface area contributed by atoms with Crippen molar-refractivity contribution in [1.82, 2.24) is 4.90 Å². The first-order chi connectivity index (χ1) is 14.3. The summed E-state index contributed by atoms with van der Waals surface area (Å²) in [4.78, 5) is 45.6. The number of ketones is 1. The number of carbonyl (C=O) groups is 3. The summed E-state index contributed by atoms with van der Waals surface area (Å²) in [5.74, 6) is -7.31. The number of likely N-dealkylation sites (tertiary alicyclic amines) is 1. The van der Waals surface area contributed by atoms with Crippen LogP contribution in [-0.4, -0.2) is 62.3 Å². The van der Waals surface area contributed by atoms with Gasteiger partial charge in [0.1, 0.15) is 6.04 Å². The number of halogens is 3. The van der Waals surface area contributed by atoms with Crippen LogP contribution < -0.4 is 5.73 Å². The Morgan fingerprint density at radius 1 is 1.29 bits per heavy atom. The number of alkyl halides is 3. The first kappa shape index (κ1) is 24.3. The Hall–Kier alpha value is -2.93. The van der Waals surface area contributed by atoms with E-state index in [2.05, 4.69) is 12.2 Å². The Balaban J connectivity index is 2.20. The molecule has 0 aromatic heterocycles. The van der Waals surface area contributed by atoms with Crippen LogP contribution >= 0.6 is 12.2 Å². The van der Waals surface area contributed by atoms with Gasteiger partial charge in [0.2, 0.25) is 5.91 Å². The third-order valence-corrected chi connectivity index (χ3v) is 5.28. The van der Waals surface area contributed by atoms with E-state index in [1.165, 1.54) is 12.1 Å². The van der Waals surface area contributed by atoms with Crippen molar-refractivity contribution in [2.45, 2.75) is 37.5 Å². The molecule has 0 radical (unpaired) electrons. The average molecular weight is 461 g/mol. The zero-order chi connectivity index (χ0) is 23.5. The largest absolute Gasteiger partial charge is 0.480 e. The topological polar surface area (TPSA) is 144 Å². The summed E-state index contributed by atoms with van der Waals surface area (Å²) in [6, 6.07) is 1.92. The molecule has 3 atom stereocenters. The lowest BCUT2D eigenvalue weighted by atomic mass is 9.93. The van der Waals surface area contributed by atoms with E-state index >= 15 is 0 Å². The molecule has 1 amide bonds. The maximum absolute atomic E-state index is 13.6. The first-order valence-corrected chi connectivity index (χ1v) is 9.42. The number of carbonyl (C=O) groups excluding carboxylic acids is 2. The molecule has 0 bridgehead atoms. The number of nitro groups is 1. The maximum atomic E-state index is 13.6. The summed E-state index contributed by atoms with van der Waals surface area (Å²) in [5.41, 5.74) is 5.82. The summed E-state index contributed by atoms with van der Waals surface area (Å²) in [5, 5.41) is 19.8. The van der Waals surface area contributed by atoms with Crippen LogP contribution in [0, 0.1) is 16.0 Å². The molecule has 0 spiro atoms. The lowest BCUT2D eigenvalue weighted by Gasteiger charge is -2.28. The number of hydrogen-bond donors (Lipinski definition) is 2. The van der Waals surface area contributed by atoms with E-state index in [1.807, 2.05) is 0 Å². The second kappa shape index (κ2) is 9.47. The van der Waals surface area contributed by atoms with Gasteiger partial charge in [-0.25, -0.2) is 4.79 Å². The monoisotopic (exact) mass is 461 g/mol. The molecule has 13 heteroatoms. The van der Waals surface area contributed by atoms with Crippen LogP contribution in [0.3, 0.4) is 0 Å². The maximum Gasteiger partial charge on any atom is 0.405 e. The highest BCUT2D eigenvalue weighted by Crippen LogP contribution is 2.32. The number of non-ortho nitro benzene ring substituents is 1. The quantitative estimate of drug-likeness (QED) is 0.338. The van der Waals surface area contributed by atoms with Gasteiger partial charge in [0.05, 0.1) is 15.8 Å². The van der Waals surface area contributed by atoms with Gasteiger partial charge in [-0.2, -0.15) is 13.2 Å². The van der Waals surface area contributed by atoms with E-state index < -0.39 is 51.6 Å². The van der Waals surface area contributed by atoms with Gasteiger partial charge in [-0.3, -0.25) is 19.7 Å². The molecule has 31 heavy (non-hydrogen) atoms. The predicted molar refractivity (Wildman–Crippen MR) is 104 cm³/mol. The Morgan fingerprint density at radius 3 is 2.35 bits per heavy atom. The molecule has 1 unspecified atom stereocenters. The number of amides is 1. The van der Waals surface area contributed by atoms with Crippen molar-refractivity contribution in [3.63, 3.8) is 0 Å². The Morgan fingerprint density at radius 2 is 1.87 bits per heavy atom. The molecule has 1 aliphatic heterocycles. The number of nitro benzene ring substituents is 1. The lowest BCUT2D eigenvalue weighted by molar-refractivity contribution is -0.384. The molecule has 0 saturated carbocycles. The van der Waals surface area contributed by atoms with Gasteiger partial charge in [-0.05, 0) is 24.8 Å². The van der Waals surface area contributed by atoms with E-state index in [0.29, 0.717) is 10.5 Å². The number of carboxylic acids is 1. The molecular formula is C18H18F3N3O6S. The molecule has 1 aromatic carbocycles. The zero-order valence-corrected chi connectivity index (χ0v) is 16.7. The van der Waals surface area contributed by atoms with Crippen molar-refractivity contribution in [3.05, 3.63) is 39.9 Å². The normalized spacial score (nSPS) is 18.3. The molecule has 1 aliphatic rings. The Kier molecular flexibility index (Phi) is 7.44. The van der Waals surface area contributed by atoms with Gasteiger partial charge in [0.15, 0.2) is 11.7 Å². The molecule has 1 fully saturated rings. The third-order valence-electron chi connectivity index (χ3n) is 4.84. The Labute approximate surface area is 179 Å². The number of hydrogen-bond acceptors (Lipinski definition) is 7. The van der Waals surface area contributed by atoms with Crippen molar-refractivity contribution in [1.29, 1.82) is 0 Å². The Bertz CT molecular complexity index is 906. The lowest BCUT2D eigenvalue weighted by Crippen LogP contribution is -2.53. The highest BCUT2D eigenvalue weighted by molar-refractivity contribution is 7.82. The molecule has 2 rings (SSSR count). The first-order valence-electron chi connectivity index (χ1n) is 9.01. The number of rotatable bonds is 8. The fraction of sp³-hybridized carbons (Fsp3) is 0.444. The number of nitrogens with two attached hydrogens (primary N) is 1. The molecule has 9 nitrogen and oxygen atoms in total. The summed E-state index contributed by atoms with van der Waals surface area (Å²) >= 11 is 4.68. The predicted octanol–water partition coefficient (Wildman–Crippen LogP) is 1.66. The number of nitrogens with zero attached hydrogens (tertiary/aromatic N) is 2. The van der Waals surface area contributed by atoms with E-state index in [-0.39, 0.29) is 31.5 Å². The van der Waals surface area contributed by atoms with Crippen molar-refractivity contribution in [3.8, 4) is 0 Å². The van der Waals surface area contributed by atoms with Crippen molar-refractivity contribution in [2.75, 3.05) is 6.54 Å². The van der Waals surface area contributed by atoms with Crippen LogP contribution in [0.1, 0.15) is 18.4 Å². The van der Waals surface area contributed by atoms with Gasteiger partial charge < -0.3 is 15.7 Å². The minimum absolute atomic E-state index is 0.00792. The van der Waals surface area contributed by atoms with Gasteiger partial charge in [-0.1, -0.05) is 24.4 Å². The van der Waals surface area contributed by atoms with Gasteiger partial charge >= 0.3 is 12.1 Å². The average Bonchev–Trinajstić information content (AvgIpc) is 3.16. The highest BCUT2D eigenvalue weighted by Gasteiger charge is 2.53. The fourth-order valence-corrected chi connectivity index (χ4v) is 3.67. The summed E-state index contributed by atoms with van der Waals surface area (Å²) in [7, 11) is 0. The highest BCUT2D eigenvalue weighted by atomic mass is 32.1. The minimum Gasteiger partial charge on any atom is -0.480 e. The summed E-state index contributed by atoms with van der Waals surface area (Å²) in [6.07, 6.45) is -5.29. The van der Waals surface area contributed by atoms with E-state index in [1.54, 1.807) is 0 Å². The van der Waals surface area contributed by atoms with Crippen LogP contribution in [0.15, 0.2) is 24.3 Å². The second-order valence-electron chi connectivity index (χ2n) is 6.97. The van der Waals surface area contributed by atoms with E-state index in [9.17, 15) is 37.7 Å². The van der Waals surface area contributed by atoms with Crippen LogP contribution in [-0.2, 0) is 20.8 Å². The number of Topliss-reactive ketones (excluding diaryl/α,β-unsaturated/α-hetero) is 1. The van der Waals surface area contributed by atoms with Gasteiger partial charge in [0, 0.05) is 18.7 Å². The fourth-order valence-electron chi connectivity index (χ4n) is 3.28. The summed E-state index contributed by atoms with van der Waals surface area (Å²) in [6.45, 7) is -0.200. The summed E-state index contributed by atoms with van der Waals surface area (Å²) < 4.78 is 40.9. The SMILES string of the molecule is N[C@@H](Cc1ccc([N+](=O)[O-])cc1)C(=O)C(=S)C(C(=O)N1CCC[C@H]1C(=O)O)C(F)(F)F. The molecular weight excluding hydrogens is 443 g/mol. The van der Waals surface area contributed by atoms with Crippen molar-refractivity contribution < 1.29 is 37.6 Å². The molecule has 0 aliphatic carbocycles. The van der Waals surface area contributed by atoms with Crippen LogP contribution in [0.2, 0.25) is 0 Å². The van der Waals surface area contributed by atoms with Crippen LogP contribution in [0.25, 0.3) is 0 Å². The standard InChI is InChI=1S/C18H18F3N3O6S/c19-18(20,21)13(16(26)23-7-1-2-12(23)17(27)28)15(31)14(25)11(22)8-9-3-5-10(6-4-9)24(29)30/h3-6,11-13H,1-2,7-8,22H2,(H,27,28)/t11-,12-,13?/m0/s1. The van der Waals surface area contributed by atoms with E-state index in [4.69, 9.17) is 10.8 Å². The van der Waals surface area contributed by atoms with Crippen molar-refractivity contribution in [2.24, 2.45) is 11.7 Å². The number of thiocarbonyl (C=S) groups is 1. The smallest absolute Gasteiger partial charge is 0.405 e. The molecule has 1 heterocycles. The van der Waals surface area contributed by atoms with E-state index in [0.717, 1.165) is 12.1 Å². The minimum atomic E-state index is -5.22. The zero-order valence-electron chi connectivity index (χ0n) is 15.9. The third kappa shape index (κ3) is 5.61. The second-order valence-corrected chi connectivity index (χ2v) is 7.41. The molecule has 1 saturated heterocycles. The number of aliphatic carboxylic acids is 1. The number of carboxylic acid groups (broad SMARTS) is 1. The number of benzene rings is 1. The van der Waals surface area contributed by atoms with Crippen LogP contribution in [0.4, 0.5) is 18.9 Å².